The summed E-state index contributed by atoms with van der Waals surface area (Å²) in [5, 5.41) is 0. The van der Waals surface area contributed by atoms with E-state index in [0.717, 1.165) is 23.7 Å². The van der Waals surface area contributed by atoms with Gasteiger partial charge in [-0.05, 0) is 30.1 Å². The molecule has 0 saturated heterocycles. The molecule has 0 heteroatoms. The van der Waals surface area contributed by atoms with Gasteiger partial charge in [-0.15, -0.1) is 0 Å². The molecule has 0 aromatic rings. The quantitative estimate of drug-likeness (QED) is 0.596. The minimum atomic E-state index is 1.05. The fourth-order valence-electron chi connectivity index (χ4n) is 3.66. The predicted molar refractivity (Wildman–Crippen MR) is 57.6 cm³/mol. The highest BCUT2D eigenvalue weighted by Gasteiger charge is 2.40. The summed E-state index contributed by atoms with van der Waals surface area (Å²) in [5.41, 5.74) is 0. The van der Waals surface area contributed by atoms with Gasteiger partial charge in [0.1, 0.15) is 0 Å². The van der Waals surface area contributed by atoms with Crippen LogP contribution in [0.4, 0.5) is 0 Å². The summed E-state index contributed by atoms with van der Waals surface area (Å²) in [6.07, 6.45) is 10.6. The normalized spacial score (nSPS) is 41.5. The zero-order valence-corrected chi connectivity index (χ0v) is 9.26. The largest absolute Gasteiger partial charge is 0.0651 e. The second-order valence-corrected chi connectivity index (χ2v) is 5.33. The molecule has 0 bridgehead atoms. The van der Waals surface area contributed by atoms with Crippen LogP contribution in [0.1, 0.15) is 58.8 Å². The highest BCUT2D eigenvalue weighted by atomic mass is 14.5. The number of hydrogen-bond acceptors (Lipinski definition) is 0. The molecule has 0 nitrogen and oxygen atoms in total. The van der Waals surface area contributed by atoms with Crippen LogP contribution in [-0.4, -0.2) is 0 Å². The van der Waals surface area contributed by atoms with Crippen molar-refractivity contribution in [2.45, 2.75) is 58.8 Å². The molecule has 0 heterocycles. The second-order valence-electron chi connectivity index (χ2n) is 5.33. The molecule has 0 aliphatic heterocycles. The zero-order chi connectivity index (χ0) is 9.26. The van der Waals surface area contributed by atoms with Crippen LogP contribution in [0.25, 0.3) is 0 Å². The van der Waals surface area contributed by atoms with E-state index in [-0.39, 0.29) is 0 Å². The summed E-state index contributed by atoms with van der Waals surface area (Å²) in [6.45, 7) is 4.86. The molecule has 2 aliphatic rings. The van der Waals surface area contributed by atoms with Crippen molar-refractivity contribution in [2.75, 3.05) is 0 Å². The van der Waals surface area contributed by atoms with Gasteiger partial charge in [0.25, 0.3) is 0 Å². The molecular weight excluding hydrogens is 156 g/mol. The summed E-state index contributed by atoms with van der Waals surface area (Å²) in [5.74, 6) is 4.36. The molecule has 2 aliphatic carbocycles. The maximum Gasteiger partial charge on any atom is -0.0355 e. The van der Waals surface area contributed by atoms with Gasteiger partial charge in [-0.1, -0.05) is 52.4 Å². The maximum absolute atomic E-state index is 2.50. The van der Waals surface area contributed by atoms with Crippen molar-refractivity contribution in [1.82, 2.24) is 0 Å². The predicted octanol–water partition coefficient (Wildman–Crippen LogP) is 4.25. The fraction of sp³-hybridized carbons (Fsp3) is 1.00. The highest BCUT2D eigenvalue weighted by Crippen LogP contribution is 2.49. The molecule has 2 saturated carbocycles. The van der Waals surface area contributed by atoms with Gasteiger partial charge in [0, 0.05) is 0 Å². The average Bonchev–Trinajstić information content (AvgIpc) is 2.18. The van der Waals surface area contributed by atoms with E-state index < -0.39 is 0 Å². The first-order valence-corrected chi connectivity index (χ1v) is 6.33. The van der Waals surface area contributed by atoms with E-state index in [9.17, 15) is 0 Å². The van der Waals surface area contributed by atoms with Crippen molar-refractivity contribution in [3.8, 4) is 0 Å². The molecule has 2 rings (SSSR count). The maximum atomic E-state index is 2.50. The Morgan fingerprint density at radius 3 is 2.31 bits per heavy atom. The van der Waals surface area contributed by atoms with Gasteiger partial charge in [0.15, 0.2) is 0 Å². The van der Waals surface area contributed by atoms with E-state index >= 15 is 0 Å². The number of rotatable bonds is 2. The topological polar surface area (TPSA) is 0 Å². The van der Waals surface area contributed by atoms with Crippen molar-refractivity contribution in [3.05, 3.63) is 0 Å². The summed E-state index contributed by atoms with van der Waals surface area (Å²) in [7, 11) is 0. The lowest BCUT2D eigenvalue weighted by Crippen LogP contribution is -2.39. The van der Waals surface area contributed by atoms with Crippen LogP contribution in [0.5, 0.6) is 0 Å². The Kier molecular flexibility index (Phi) is 2.96. The minimum absolute atomic E-state index is 1.05. The molecule has 3 unspecified atom stereocenters. The Bertz CT molecular complexity index is 155. The van der Waals surface area contributed by atoms with Crippen molar-refractivity contribution in [2.24, 2.45) is 23.7 Å². The van der Waals surface area contributed by atoms with Gasteiger partial charge in [0.2, 0.25) is 0 Å². The van der Waals surface area contributed by atoms with Crippen LogP contribution in [-0.2, 0) is 0 Å². The molecule has 0 radical (unpaired) electrons. The van der Waals surface area contributed by atoms with Crippen LogP contribution in [0, 0.1) is 23.7 Å². The first kappa shape index (κ1) is 9.55. The van der Waals surface area contributed by atoms with Crippen LogP contribution >= 0.6 is 0 Å². The lowest BCUT2D eigenvalue weighted by atomic mass is 9.58. The monoisotopic (exact) mass is 180 g/mol. The Balaban J connectivity index is 1.82. The Hall–Kier alpha value is 0. The van der Waals surface area contributed by atoms with Gasteiger partial charge in [0.05, 0.1) is 0 Å². The van der Waals surface area contributed by atoms with Crippen LogP contribution in [0.3, 0.4) is 0 Å². The third-order valence-electron chi connectivity index (χ3n) is 4.77. The molecule has 0 N–H and O–H groups in total. The molecule has 0 amide bonds. The van der Waals surface area contributed by atoms with Crippen molar-refractivity contribution < 1.29 is 0 Å². The van der Waals surface area contributed by atoms with Gasteiger partial charge in [-0.3, -0.25) is 0 Å². The molecule has 2 fully saturated rings. The first-order valence-electron chi connectivity index (χ1n) is 6.33. The van der Waals surface area contributed by atoms with Crippen molar-refractivity contribution >= 4 is 0 Å². The van der Waals surface area contributed by atoms with Gasteiger partial charge in [-0.2, -0.15) is 0 Å². The standard InChI is InChI=1S/C13H24/c1-3-11-9-13(10(11)2)12-7-5-4-6-8-12/h10-13H,3-9H2,1-2H3. The molecule has 13 heavy (non-hydrogen) atoms. The third kappa shape index (κ3) is 1.78. The smallest absolute Gasteiger partial charge is 0.0355 e. The highest BCUT2D eigenvalue weighted by molar-refractivity contribution is 4.90. The summed E-state index contributed by atoms with van der Waals surface area (Å²) in [6, 6.07) is 0. The average molecular weight is 180 g/mol. The summed E-state index contributed by atoms with van der Waals surface area (Å²) >= 11 is 0. The Labute approximate surface area is 83.1 Å². The third-order valence-corrected chi connectivity index (χ3v) is 4.77. The van der Waals surface area contributed by atoms with E-state index in [0.29, 0.717) is 0 Å². The van der Waals surface area contributed by atoms with E-state index in [1.54, 1.807) is 19.3 Å². The number of hydrogen-bond donors (Lipinski definition) is 0. The second kappa shape index (κ2) is 4.02. The van der Waals surface area contributed by atoms with Crippen LogP contribution < -0.4 is 0 Å². The lowest BCUT2D eigenvalue weighted by Gasteiger charge is -2.48. The Morgan fingerprint density at radius 2 is 1.77 bits per heavy atom. The molecule has 76 valence electrons. The Morgan fingerprint density at radius 1 is 1.08 bits per heavy atom. The molecule has 0 aromatic carbocycles. The van der Waals surface area contributed by atoms with E-state index in [1.165, 1.54) is 25.7 Å². The molecule has 0 aromatic heterocycles. The lowest BCUT2D eigenvalue weighted by molar-refractivity contribution is 0.0189. The van der Waals surface area contributed by atoms with Crippen LogP contribution in [0.2, 0.25) is 0 Å². The summed E-state index contributed by atoms with van der Waals surface area (Å²) < 4.78 is 0. The molecular formula is C13H24. The van der Waals surface area contributed by atoms with Gasteiger partial charge >= 0.3 is 0 Å². The van der Waals surface area contributed by atoms with E-state index in [1.807, 2.05) is 0 Å². The molecule has 3 atom stereocenters. The van der Waals surface area contributed by atoms with Crippen molar-refractivity contribution in [3.63, 3.8) is 0 Å². The summed E-state index contributed by atoms with van der Waals surface area (Å²) in [4.78, 5) is 0. The minimum Gasteiger partial charge on any atom is -0.0651 e. The van der Waals surface area contributed by atoms with Crippen molar-refractivity contribution in [1.29, 1.82) is 0 Å². The first-order chi connectivity index (χ1) is 6.33. The SMILES string of the molecule is CCC1CC(C2CCCCC2)C1C. The van der Waals surface area contributed by atoms with Crippen LogP contribution in [0.15, 0.2) is 0 Å². The van der Waals surface area contributed by atoms with E-state index in [4.69, 9.17) is 0 Å². The zero-order valence-electron chi connectivity index (χ0n) is 9.26. The fourth-order valence-corrected chi connectivity index (χ4v) is 3.66. The molecule has 0 spiro atoms. The van der Waals surface area contributed by atoms with Gasteiger partial charge < -0.3 is 0 Å². The van der Waals surface area contributed by atoms with Gasteiger partial charge in [-0.25, -0.2) is 0 Å². The van der Waals surface area contributed by atoms with E-state index in [2.05, 4.69) is 13.8 Å².